The van der Waals surface area contributed by atoms with E-state index in [9.17, 15) is 13.2 Å². The quantitative estimate of drug-likeness (QED) is 0.849. The number of hydrogen-bond acceptors (Lipinski definition) is 2. The first-order valence-electron chi connectivity index (χ1n) is 5.47. The molecule has 0 aliphatic carbocycles. The molecule has 0 saturated heterocycles. The first kappa shape index (κ1) is 14.4. The molecule has 0 bridgehead atoms. The third kappa shape index (κ3) is 2.94. The van der Waals surface area contributed by atoms with Gasteiger partial charge < -0.3 is 5.73 Å². The first-order chi connectivity index (χ1) is 8.80. The summed E-state index contributed by atoms with van der Waals surface area (Å²) >= 11 is 7.52. The standard InChI is InChI=1S/C13H11ClF3NS/c1-7-6-19-12(10(7)14)11(18)8-2-4-9(5-3-8)13(15,16)17/h2-6,11H,18H2,1H3. The number of halogens is 4. The van der Waals surface area contributed by atoms with E-state index in [0.29, 0.717) is 10.6 Å². The van der Waals surface area contributed by atoms with Crippen LogP contribution in [0.5, 0.6) is 0 Å². The lowest BCUT2D eigenvalue weighted by Crippen LogP contribution is -2.12. The van der Waals surface area contributed by atoms with Crippen LogP contribution in [0.25, 0.3) is 0 Å². The van der Waals surface area contributed by atoms with Gasteiger partial charge >= 0.3 is 6.18 Å². The SMILES string of the molecule is Cc1csc(C(N)c2ccc(C(F)(F)F)cc2)c1Cl. The van der Waals surface area contributed by atoms with Crippen LogP contribution in [0.1, 0.15) is 27.6 Å². The summed E-state index contributed by atoms with van der Waals surface area (Å²) in [5.41, 5.74) is 6.88. The lowest BCUT2D eigenvalue weighted by molar-refractivity contribution is -0.137. The van der Waals surface area contributed by atoms with E-state index >= 15 is 0 Å². The zero-order chi connectivity index (χ0) is 14.2. The lowest BCUT2D eigenvalue weighted by Gasteiger charge is -2.13. The number of rotatable bonds is 2. The summed E-state index contributed by atoms with van der Waals surface area (Å²) in [6.07, 6.45) is -4.33. The molecule has 1 nitrogen and oxygen atoms in total. The maximum absolute atomic E-state index is 12.5. The lowest BCUT2D eigenvalue weighted by atomic mass is 10.0. The molecule has 1 heterocycles. The highest BCUT2D eigenvalue weighted by atomic mass is 35.5. The molecule has 0 fully saturated rings. The molecule has 1 aromatic carbocycles. The average Bonchev–Trinajstić information content (AvgIpc) is 2.68. The number of nitrogens with two attached hydrogens (primary N) is 1. The molecule has 1 atom stereocenters. The van der Waals surface area contributed by atoms with Crippen molar-refractivity contribution < 1.29 is 13.2 Å². The summed E-state index contributed by atoms with van der Waals surface area (Å²) in [5, 5.41) is 2.46. The summed E-state index contributed by atoms with van der Waals surface area (Å²) in [5.74, 6) is 0. The highest BCUT2D eigenvalue weighted by molar-refractivity contribution is 7.10. The largest absolute Gasteiger partial charge is 0.416 e. The Hall–Kier alpha value is -1.04. The van der Waals surface area contributed by atoms with Gasteiger partial charge in [0.15, 0.2) is 0 Å². The molecule has 0 spiro atoms. The van der Waals surface area contributed by atoms with Gasteiger partial charge in [-0.15, -0.1) is 11.3 Å². The highest BCUT2D eigenvalue weighted by Crippen LogP contribution is 2.35. The number of thiophene rings is 1. The second-order valence-electron chi connectivity index (χ2n) is 4.19. The van der Waals surface area contributed by atoms with Crippen molar-refractivity contribution in [3.63, 3.8) is 0 Å². The van der Waals surface area contributed by atoms with Gasteiger partial charge in [-0.05, 0) is 35.6 Å². The summed E-state index contributed by atoms with van der Waals surface area (Å²) < 4.78 is 37.4. The molecule has 0 aliphatic rings. The van der Waals surface area contributed by atoms with Crippen LogP contribution in [0.15, 0.2) is 29.6 Å². The molecule has 2 N–H and O–H groups in total. The van der Waals surface area contributed by atoms with Crippen LogP contribution in [0.2, 0.25) is 5.02 Å². The summed E-state index contributed by atoms with van der Waals surface area (Å²) in [6.45, 7) is 1.86. The van der Waals surface area contributed by atoms with Crippen molar-refractivity contribution in [2.45, 2.75) is 19.1 Å². The van der Waals surface area contributed by atoms with Gasteiger partial charge in [-0.1, -0.05) is 23.7 Å². The first-order valence-corrected chi connectivity index (χ1v) is 6.72. The smallest absolute Gasteiger partial charge is 0.320 e. The topological polar surface area (TPSA) is 26.0 Å². The molecule has 0 amide bonds. The Morgan fingerprint density at radius 1 is 1.21 bits per heavy atom. The van der Waals surface area contributed by atoms with Crippen LogP contribution in [0, 0.1) is 6.92 Å². The van der Waals surface area contributed by atoms with Gasteiger partial charge in [0.25, 0.3) is 0 Å². The number of aryl methyl sites for hydroxylation is 1. The third-order valence-corrected chi connectivity index (χ3v) is 4.60. The third-order valence-electron chi connectivity index (χ3n) is 2.80. The van der Waals surface area contributed by atoms with Crippen LogP contribution < -0.4 is 5.73 Å². The molecule has 0 radical (unpaired) electrons. The van der Waals surface area contributed by atoms with Gasteiger partial charge in [-0.25, -0.2) is 0 Å². The minimum Gasteiger partial charge on any atom is -0.320 e. The van der Waals surface area contributed by atoms with Gasteiger partial charge in [-0.3, -0.25) is 0 Å². The molecule has 6 heteroatoms. The minimum atomic E-state index is -4.33. The number of alkyl halides is 3. The van der Waals surface area contributed by atoms with E-state index in [0.717, 1.165) is 22.6 Å². The maximum Gasteiger partial charge on any atom is 0.416 e. The zero-order valence-electron chi connectivity index (χ0n) is 9.96. The van der Waals surface area contributed by atoms with Crippen molar-refractivity contribution in [3.8, 4) is 0 Å². The van der Waals surface area contributed by atoms with Crippen LogP contribution in [0.4, 0.5) is 13.2 Å². The fraction of sp³-hybridized carbons (Fsp3) is 0.231. The van der Waals surface area contributed by atoms with Crippen molar-refractivity contribution in [1.82, 2.24) is 0 Å². The monoisotopic (exact) mass is 305 g/mol. The zero-order valence-corrected chi connectivity index (χ0v) is 11.5. The molecular weight excluding hydrogens is 295 g/mol. The van der Waals surface area contributed by atoms with E-state index < -0.39 is 17.8 Å². The average molecular weight is 306 g/mol. The Morgan fingerprint density at radius 2 is 1.79 bits per heavy atom. The fourth-order valence-corrected chi connectivity index (χ4v) is 3.03. The van der Waals surface area contributed by atoms with Crippen LogP contribution in [-0.2, 0) is 6.18 Å². The van der Waals surface area contributed by atoms with Crippen LogP contribution in [0.3, 0.4) is 0 Å². The molecule has 1 aromatic heterocycles. The summed E-state index contributed by atoms with van der Waals surface area (Å²) in [6, 6.07) is 4.33. The van der Waals surface area contributed by atoms with Gasteiger partial charge in [-0.2, -0.15) is 13.2 Å². The molecule has 1 unspecified atom stereocenters. The Kier molecular flexibility index (Phi) is 3.90. The Morgan fingerprint density at radius 3 is 2.21 bits per heavy atom. The van der Waals surface area contributed by atoms with E-state index in [1.807, 2.05) is 12.3 Å². The summed E-state index contributed by atoms with van der Waals surface area (Å²) in [4.78, 5) is 0.763. The van der Waals surface area contributed by atoms with Gasteiger partial charge in [0.05, 0.1) is 16.6 Å². The molecule has 2 aromatic rings. The highest BCUT2D eigenvalue weighted by Gasteiger charge is 2.30. The van der Waals surface area contributed by atoms with Gasteiger partial charge in [0.2, 0.25) is 0 Å². The van der Waals surface area contributed by atoms with Crippen LogP contribution >= 0.6 is 22.9 Å². The Labute approximate surface area is 117 Å². The number of benzene rings is 1. The van der Waals surface area contributed by atoms with E-state index in [-0.39, 0.29) is 0 Å². The fourth-order valence-electron chi connectivity index (χ4n) is 1.69. The molecule has 2 rings (SSSR count). The van der Waals surface area contributed by atoms with Crippen LogP contribution in [-0.4, -0.2) is 0 Å². The van der Waals surface area contributed by atoms with E-state index in [4.69, 9.17) is 17.3 Å². The minimum absolute atomic E-state index is 0.506. The van der Waals surface area contributed by atoms with E-state index in [1.54, 1.807) is 0 Å². The van der Waals surface area contributed by atoms with Gasteiger partial charge in [0.1, 0.15) is 0 Å². The van der Waals surface area contributed by atoms with Crippen molar-refractivity contribution in [2.75, 3.05) is 0 Å². The predicted molar refractivity (Wildman–Crippen MR) is 71.5 cm³/mol. The molecule has 0 aliphatic heterocycles. The van der Waals surface area contributed by atoms with Crippen molar-refractivity contribution in [3.05, 3.63) is 56.2 Å². The predicted octanol–water partition coefficient (Wildman–Crippen LogP) is 4.78. The maximum atomic E-state index is 12.5. The Balaban J connectivity index is 2.30. The Bertz CT molecular complexity index is 575. The van der Waals surface area contributed by atoms with Crippen molar-refractivity contribution in [1.29, 1.82) is 0 Å². The normalized spacial score (nSPS) is 13.6. The molecule has 19 heavy (non-hydrogen) atoms. The number of hydrogen-bond donors (Lipinski definition) is 1. The second-order valence-corrected chi connectivity index (χ2v) is 5.48. The molecule has 0 saturated carbocycles. The van der Waals surface area contributed by atoms with E-state index in [1.165, 1.54) is 23.5 Å². The van der Waals surface area contributed by atoms with Gasteiger partial charge in [0, 0.05) is 4.88 Å². The molecule has 102 valence electrons. The summed E-state index contributed by atoms with van der Waals surface area (Å²) in [7, 11) is 0. The van der Waals surface area contributed by atoms with E-state index in [2.05, 4.69) is 0 Å². The van der Waals surface area contributed by atoms with Crippen molar-refractivity contribution in [2.24, 2.45) is 5.73 Å². The van der Waals surface area contributed by atoms with Crippen molar-refractivity contribution >= 4 is 22.9 Å². The second kappa shape index (κ2) is 5.15. The molecular formula is C13H11ClF3NS.